The van der Waals surface area contributed by atoms with Gasteiger partial charge >= 0.3 is 0 Å². The maximum absolute atomic E-state index is 12.5. The largest absolute Gasteiger partial charge is 0.497 e. The summed E-state index contributed by atoms with van der Waals surface area (Å²) in [4.78, 5) is 0.0893. The van der Waals surface area contributed by atoms with Crippen LogP contribution in [-0.4, -0.2) is 42.4 Å². The molecule has 0 spiro atoms. The summed E-state index contributed by atoms with van der Waals surface area (Å²) in [5.41, 5.74) is 0. The Labute approximate surface area is 153 Å². The lowest BCUT2D eigenvalue weighted by Gasteiger charge is -2.16. The van der Waals surface area contributed by atoms with Crippen LogP contribution in [0.5, 0.6) is 23.0 Å². The van der Waals surface area contributed by atoms with Crippen LogP contribution in [0.4, 0.5) is 0 Å². The van der Waals surface area contributed by atoms with E-state index in [-0.39, 0.29) is 11.5 Å². The van der Waals surface area contributed by atoms with Gasteiger partial charge in [-0.25, -0.2) is 13.1 Å². The molecule has 0 aliphatic carbocycles. The fourth-order valence-electron chi connectivity index (χ4n) is 2.24. The van der Waals surface area contributed by atoms with Crippen LogP contribution in [0.2, 0.25) is 0 Å². The zero-order valence-electron chi connectivity index (χ0n) is 15.2. The van der Waals surface area contributed by atoms with Gasteiger partial charge in [0.25, 0.3) is 0 Å². The number of sulfonamides is 1. The standard InChI is InChI=1S/C18H23NO6S/c1-13(12-25-15-7-5-14(22-2)6-8-15)19-26(20,21)16-9-10-17(23-3)18(11-16)24-4/h5-11,13,19H,12H2,1-4H3/t13-/m0/s1. The summed E-state index contributed by atoms with van der Waals surface area (Å²) in [7, 11) is 0.807. The lowest BCUT2D eigenvalue weighted by Crippen LogP contribution is -2.36. The second-order valence-electron chi connectivity index (χ2n) is 5.53. The van der Waals surface area contributed by atoms with Gasteiger partial charge < -0.3 is 18.9 Å². The van der Waals surface area contributed by atoms with Gasteiger partial charge in [-0.3, -0.25) is 0 Å². The fourth-order valence-corrected chi connectivity index (χ4v) is 3.49. The molecule has 26 heavy (non-hydrogen) atoms. The molecule has 0 fully saturated rings. The number of benzene rings is 2. The highest BCUT2D eigenvalue weighted by Crippen LogP contribution is 2.29. The second kappa shape index (κ2) is 8.77. The van der Waals surface area contributed by atoms with Crippen molar-refractivity contribution in [3.05, 3.63) is 42.5 Å². The molecular weight excluding hydrogens is 358 g/mol. The third-order valence-electron chi connectivity index (χ3n) is 3.58. The van der Waals surface area contributed by atoms with Crippen LogP contribution in [0.25, 0.3) is 0 Å². The van der Waals surface area contributed by atoms with Crippen LogP contribution >= 0.6 is 0 Å². The van der Waals surface area contributed by atoms with Crippen LogP contribution in [-0.2, 0) is 10.0 Å². The maximum Gasteiger partial charge on any atom is 0.241 e. The molecule has 142 valence electrons. The molecule has 0 amide bonds. The Balaban J connectivity index is 2.01. The van der Waals surface area contributed by atoms with Gasteiger partial charge in [-0.15, -0.1) is 0 Å². The summed E-state index contributed by atoms with van der Waals surface area (Å²) in [6.45, 7) is 1.90. The van der Waals surface area contributed by atoms with E-state index in [0.717, 1.165) is 5.75 Å². The lowest BCUT2D eigenvalue weighted by atomic mass is 10.3. The summed E-state index contributed by atoms with van der Waals surface area (Å²) >= 11 is 0. The molecule has 0 saturated heterocycles. The molecule has 0 aromatic heterocycles. The van der Waals surface area contributed by atoms with Gasteiger partial charge in [0, 0.05) is 6.07 Å². The number of hydrogen-bond acceptors (Lipinski definition) is 6. The van der Waals surface area contributed by atoms with Crippen molar-refractivity contribution in [1.29, 1.82) is 0 Å². The van der Waals surface area contributed by atoms with Gasteiger partial charge in [0.05, 0.1) is 32.3 Å². The van der Waals surface area contributed by atoms with E-state index < -0.39 is 16.1 Å². The summed E-state index contributed by atoms with van der Waals surface area (Å²) in [5, 5.41) is 0. The van der Waals surface area contributed by atoms with Crippen LogP contribution in [0.1, 0.15) is 6.92 Å². The third-order valence-corrected chi connectivity index (χ3v) is 5.17. The van der Waals surface area contributed by atoms with Crippen LogP contribution < -0.4 is 23.7 Å². The van der Waals surface area contributed by atoms with Crippen molar-refractivity contribution in [3.63, 3.8) is 0 Å². The van der Waals surface area contributed by atoms with E-state index in [1.54, 1.807) is 44.4 Å². The molecule has 2 rings (SSSR count). The Bertz CT molecular complexity index is 820. The summed E-state index contributed by atoms with van der Waals surface area (Å²) < 4.78 is 48.6. The summed E-state index contributed by atoms with van der Waals surface area (Å²) in [6, 6.07) is 11.0. The zero-order valence-corrected chi connectivity index (χ0v) is 16.0. The topological polar surface area (TPSA) is 83.1 Å². The van der Waals surface area contributed by atoms with Crippen molar-refractivity contribution in [2.75, 3.05) is 27.9 Å². The van der Waals surface area contributed by atoms with Crippen molar-refractivity contribution in [3.8, 4) is 23.0 Å². The normalized spacial score (nSPS) is 12.3. The minimum absolute atomic E-state index is 0.0893. The number of rotatable bonds is 9. The number of nitrogens with one attached hydrogen (secondary N) is 1. The van der Waals surface area contributed by atoms with Gasteiger partial charge in [0.15, 0.2) is 11.5 Å². The molecule has 2 aromatic carbocycles. The monoisotopic (exact) mass is 381 g/mol. The van der Waals surface area contributed by atoms with Crippen molar-refractivity contribution in [2.24, 2.45) is 0 Å². The van der Waals surface area contributed by atoms with E-state index in [1.807, 2.05) is 0 Å². The van der Waals surface area contributed by atoms with Crippen LogP contribution in [0.15, 0.2) is 47.4 Å². The smallest absolute Gasteiger partial charge is 0.241 e. The lowest BCUT2D eigenvalue weighted by molar-refractivity contribution is 0.287. The molecule has 1 N–H and O–H groups in total. The second-order valence-corrected chi connectivity index (χ2v) is 7.24. The minimum Gasteiger partial charge on any atom is -0.497 e. The maximum atomic E-state index is 12.5. The first-order chi connectivity index (χ1) is 12.4. The van der Waals surface area contributed by atoms with E-state index in [9.17, 15) is 8.42 Å². The number of hydrogen-bond donors (Lipinski definition) is 1. The molecule has 7 nitrogen and oxygen atoms in total. The molecule has 0 saturated carbocycles. The predicted octanol–water partition coefficient (Wildman–Crippen LogP) is 2.46. The molecular formula is C18H23NO6S. The number of ether oxygens (including phenoxy) is 4. The molecule has 8 heteroatoms. The minimum atomic E-state index is -3.72. The van der Waals surface area contributed by atoms with Crippen LogP contribution in [0.3, 0.4) is 0 Å². The third kappa shape index (κ3) is 5.03. The van der Waals surface area contributed by atoms with Gasteiger partial charge in [-0.1, -0.05) is 0 Å². The van der Waals surface area contributed by atoms with E-state index >= 15 is 0 Å². The summed E-state index contributed by atoms with van der Waals surface area (Å²) in [6.07, 6.45) is 0. The van der Waals surface area contributed by atoms with E-state index in [4.69, 9.17) is 18.9 Å². The molecule has 1 atom stereocenters. The first-order valence-corrected chi connectivity index (χ1v) is 9.39. The average molecular weight is 381 g/mol. The Morgan fingerprint density at radius 1 is 0.885 bits per heavy atom. The Kier molecular flexibility index (Phi) is 6.70. The highest BCUT2D eigenvalue weighted by Gasteiger charge is 2.20. The average Bonchev–Trinajstić information content (AvgIpc) is 2.65. The highest BCUT2D eigenvalue weighted by molar-refractivity contribution is 7.89. The van der Waals surface area contributed by atoms with Crippen LogP contribution in [0, 0.1) is 0 Å². The molecule has 0 heterocycles. The molecule has 0 aliphatic rings. The molecule has 0 aliphatic heterocycles. The molecule has 2 aromatic rings. The van der Waals surface area contributed by atoms with Gasteiger partial charge in [-0.05, 0) is 43.3 Å². The Morgan fingerprint density at radius 3 is 2.08 bits per heavy atom. The van der Waals surface area contributed by atoms with Gasteiger partial charge in [0.2, 0.25) is 10.0 Å². The van der Waals surface area contributed by atoms with Crippen molar-refractivity contribution < 1.29 is 27.4 Å². The first kappa shape index (κ1) is 19.9. The molecule has 0 radical (unpaired) electrons. The zero-order chi connectivity index (χ0) is 19.2. The van der Waals surface area contributed by atoms with E-state index in [2.05, 4.69) is 4.72 Å². The van der Waals surface area contributed by atoms with Gasteiger partial charge in [-0.2, -0.15) is 0 Å². The van der Waals surface area contributed by atoms with E-state index in [0.29, 0.717) is 17.2 Å². The quantitative estimate of drug-likeness (QED) is 0.718. The SMILES string of the molecule is COc1ccc(OC[C@H](C)NS(=O)(=O)c2ccc(OC)c(OC)c2)cc1. The van der Waals surface area contributed by atoms with E-state index in [1.165, 1.54) is 26.4 Å². The number of methoxy groups -OCH3 is 3. The molecule has 0 bridgehead atoms. The fraction of sp³-hybridized carbons (Fsp3) is 0.333. The molecule has 0 unspecified atom stereocenters. The Hall–Kier alpha value is -2.45. The van der Waals surface area contributed by atoms with Gasteiger partial charge in [0.1, 0.15) is 18.1 Å². The van der Waals surface area contributed by atoms with Crippen molar-refractivity contribution >= 4 is 10.0 Å². The van der Waals surface area contributed by atoms with Crippen molar-refractivity contribution in [1.82, 2.24) is 4.72 Å². The first-order valence-electron chi connectivity index (χ1n) is 7.91. The Morgan fingerprint density at radius 2 is 1.50 bits per heavy atom. The summed E-state index contributed by atoms with van der Waals surface area (Å²) in [5.74, 6) is 2.15. The van der Waals surface area contributed by atoms with Crippen molar-refractivity contribution in [2.45, 2.75) is 17.9 Å². The highest BCUT2D eigenvalue weighted by atomic mass is 32.2. The predicted molar refractivity (Wildman–Crippen MR) is 97.8 cm³/mol.